The highest BCUT2D eigenvalue weighted by Gasteiger charge is 2.31. The molecular weight excluding hydrogens is 166 g/mol. The quantitative estimate of drug-likeness (QED) is 0.693. The van der Waals surface area contributed by atoms with Gasteiger partial charge in [-0.1, -0.05) is 0 Å². The molecule has 0 atom stereocenters. The maximum atomic E-state index is 11.7. The molecule has 0 bridgehead atoms. The van der Waals surface area contributed by atoms with Crippen LogP contribution in [0.3, 0.4) is 0 Å². The number of rotatable bonds is 2. The Hall–Kier alpha value is -1.25. The number of carbonyl (C=O) groups excluding carboxylic acids is 1. The fourth-order valence-corrected chi connectivity index (χ4v) is 1.38. The van der Waals surface area contributed by atoms with Gasteiger partial charge in [0.2, 0.25) is 0 Å². The van der Waals surface area contributed by atoms with Crippen LogP contribution in [0.15, 0.2) is 16.7 Å². The Morgan fingerprint density at radius 2 is 2.31 bits per heavy atom. The molecule has 0 radical (unpaired) electrons. The van der Waals surface area contributed by atoms with E-state index in [4.69, 9.17) is 4.42 Å². The van der Waals surface area contributed by atoms with Crippen molar-refractivity contribution in [3.05, 3.63) is 23.7 Å². The molecule has 70 valence electrons. The monoisotopic (exact) mass is 179 g/mol. The van der Waals surface area contributed by atoms with Gasteiger partial charge in [-0.2, -0.15) is 0 Å². The summed E-state index contributed by atoms with van der Waals surface area (Å²) >= 11 is 0. The van der Waals surface area contributed by atoms with E-state index in [0.29, 0.717) is 11.8 Å². The molecule has 1 aromatic rings. The zero-order valence-electron chi connectivity index (χ0n) is 7.91. The minimum atomic E-state index is 0.00463. The summed E-state index contributed by atoms with van der Waals surface area (Å²) in [7, 11) is 1.84. The SMILES string of the molecule is Cc1ccoc1C(=O)N(C)C1CC1. The number of hydrogen-bond acceptors (Lipinski definition) is 2. The molecular formula is C10H13NO2. The van der Waals surface area contributed by atoms with Crippen molar-refractivity contribution in [2.75, 3.05) is 7.05 Å². The van der Waals surface area contributed by atoms with Gasteiger partial charge in [0.1, 0.15) is 0 Å². The summed E-state index contributed by atoms with van der Waals surface area (Å²) in [5.74, 6) is 0.486. The lowest BCUT2D eigenvalue weighted by atomic mass is 10.2. The van der Waals surface area contributed by atoms with Crippen molar-refractivity contribution >= 4 is 5.91 Å². The summed E-state index contributed by atoms with van der Waals surface area (Å²) in [5, 5.41) is 0. The molecule has 3 nitrogen and oxygen atoms in total. The first kappa shape index (κ1) is 8.35. The maximum Gasteiger partial charge on any atom is 0.289 e. The largest absolute Gasteiger partial charge is 0.459 e. The number of aryl methyl sites for hydroxylation is 1. The third-order valence-corrected chi connectivity index (χ3v) is 2.47. The van der Waals surface area contributed by atoms with Crippen LogP contribution < -0.4 is 0 Å². The molecule has 13 heavy (non-hydrogen) atoms. The van der Waals surface area contributed by atoms with Crippen LogP contribution >= 0.6 is 0 Å². The summed E-state index contributed by atoms with van der Waals surface area (Å²) in [6, 6.07) is 2.26. The molecule has 3 heteroatoms. The van der Waals surface area contributed by atoms with E-state index in [1.54, 1.807) is 11.2 Å². The zero-order valence-corrected chi connectivity index (χ0v) is 7.91. The standard InChI is InChI=1S/C10H13NO2/c1-7-5-6-13-9(7)10(12)11(2)8-3-4-8/h5-6,8H,3-4H2,1-2H3. The summed E-state index contributed by atoms with van der Waals surface area (Å²) in [5.41, 5.74) is 0.914. The molecule has 1 amide bonds. The number of hydrogen-bond donors (Lipinski definition) is 0. The van der Waals surface area contributed by atoms with Gasteiger partial charge in [0.25, 0.3) is 5.91 Å². The first-order valence-electron chi connectivity index (χ1n) is 4.51. The van der Waals surface area contributed by atoms with Crippen molar-refractivity contribution in [2.45, 2.75) is 25.8 Å². The normalized spacial score (nSPS) is 15.8. The van der Waals surface area contributed by atoms with Gasteiger partial charge in [-0.25, -0.2) is 0 Å². The van der Waals surface area contributed by atoms with E-state index in [0.717, 1.165) is 18.4 Å². The van der Waals surface area contributed by atoms with Gasteiger partial charge in [0.15, 0.2) is 5.76 Å². The molecule has 0 aliphatic heterocycles. The van der Waals surface area contributed by atoms with Gasteiger partial charge in [-0.05, 0) is 25.8 Å². The molecule has 0 saturated heterocycles. The topological polar surface area (TPSA) is 33.5 Å². The zero-order chi connectivity index (χ0) is 9.42. The highest BCUT2D eigenvalue weighted by molar-refractivity contribution is 5.93. The number of furan rings is 1. The van der Waals surface area contributed by atoms with Crippen LogP contribution in [0.1, 0.15) is 29.0 Å². The van der Waals surface area contributed by atoms with E-state index >= 15 is 0 Å². The van der Waals surface area contributed by atoms with E-state index in [1.165, 1.54) is 0 Å². The predicted octanol–water partition coefficient (Wildman–Crippen LogP) is 1.82. The van der Waals surface area contributed by atoms with E-state index in [-0.39, 0.29) is 5.91 Å². The van der Waals surface area contributed by atoms with Gasteiger partial charge in [-0.3, -0.25) is 4.79 Å². The van der Waals surface area contributed by atoms with Crippen molar-refractivity contribution < 1.29 is 9.21 Å². The van der Waals surface area contributed by atoms with Gasteiger partial charge in [0.05, 0.1) is 6.26 Å². The van der Waals surface area contributed by atoms with Gasteiger partial charge < -0.3 is 9.32 Å². The van der Waals surface area contributed by atoms with Gasteiger partial charge in [-0.15, -0.1) is 0 Å². The molecule has 0 unspecified atom stereocenters. The summed E-state index contributed by atoms with van der Waals surface area (Å²) in [6.45, 7) is 1.89. The second kappa shape index (κ2) is 2.91. The Morgan fingerprint density at radius 3 is 2.77 bits per heavy atom. The minimum absolute atomic E-state index is 0.00463. The molecule has 2 rings (SSSR count). The average molecular weight is 179 g/mol. The fraction of sp³-hybridized carbons (Fsp3) is 0.500. The fourth-order valence-electron chi connectivity index (χ4n) is 1.38. The van der Waals surface area contributed by atoms with E-state index < -0.39 is 0 Å². The van der Waals surface area contributed by atoms with Crippen molar-refractivity contribution in [3.8, 4) is 0 Å². The number of nitrogens with zero attached hydrogens (tertiary/aromatic N) is 1. The summed E-state index contributed by atoms with van der Waals surface area (Å²) in [6.07, 6.45) is 3.81. The Balaban J connectivity index is 2.16. The van der Waals surface area contributed by atoms with Crippen LogP contribution in [-0.4, -0.2) is 23.9 Å². The average Bonchev–Trinajstić information content (AvgIpc) is 2.87. The smallest absolute Gasteiger partial charge is 0.289 e. The summed E-state index contributed by atoms with van der Waals surface area (Å²) < 4.78 is 5.13. The Bertz CT molecular complexity index is 325. The molecule has 1 aliphatic carbocycles. The van der Waals surface area contributed by atoms with Crippen LogP contribution in [0.5, 0.6) is 0 Å². The van der Waals surface area contributed by atoms with E-state index in [2.05, 4.69) is 0 Å². The van der Waals surface area contributed by atoms with Gasteiger partial charge in [0, 0.05) is 18.7 Å². The molecule has 0 aromatic carbocycles. The lowest BCUT2D eigenvalue weighted by Gasteiger charge is -2.14. The third kappa shape index (κ3) is 1.46. The third-order valence-electron chi connectivity index (χ3n) is 2.47. The van der Waals surface area contributed by atoms with Crippen LogP contribution in [0, 0.1) is 6.92 Å². The van der Waals surface area contributed by atoms with Crippen LogP contribution in [0.2, 0.25) is 0 Å². The second-order valence-corrected chi connectivity index (χ2v) is 3.58. The highest BCUT2D eigenvalue weighted by Crippen LogP contribution is 2.27. The van der Waals surface area contributed by atoms with Crippen LogP contribution in [0.25, 0.3) is 0 Å². The lowest BCUT2D eigenvalue weighted by Crippen LogP contribution is -2.28. The number of carbonyl (C=O) groups is 1. The Labute approximate surface area is 77.3 Å². The molecule has 1 heterocycles. The molecule has 1 aliphatic rings. The molecule has 0 N–H and O–H groups in total. The van der Waals surface area contributed by atoms with Crippen molar-refractivity contribution in [1.82, 2.24) is 4.90 Å². The molecule has 0 spiro atoms. The van der Waals surface area contributed by atoms with Crippen molar-refractivity contribution in [3.63, 3.8) is 0 Å². The first-order chi connectivity index (χ1) is 6.20. The Morgan fingerprint density at radius 1 is 1.62 bits per heavy atom. The van der Waals surface area contributed by atoms with Crippen molar-refractivity contribution in [2.24, 2.45) is 0 Å². The molecule has 1 saturated carbocycles. The lowest BCUT2D eigenvalue weighted by molar-refractivity contribution is 0.0752. The first-order valence-corrected chi connectivity index (χ1v) is 4.51. The molecule has 1 fully saturated rings. The van der Waals surface area contributed by atoms with Crippen LogP contribution in [-0.2, 0) is 0 Å². The number of amides is 1. The predicted molar refractivity (Wildman–Crippen MR) is 48.6 cm³/mol. The van der Waals surface area contributed by atoms with Crippen LogP contribution in [0.4, 0.5) is 0 Å². The summed E-state index contributed by atoms with van der Waals surface area (Å²) in [4.78, 5) is 13.5. The highest BCUT2D eigenvalue weighted by atomic mass is 16.3. The van der Waals surface area contributed by atoms with E-state index in [9.17, 15) is 4.79 Å². The molecule has 1 aromatic heterocycles. The minimum Gasteiger partial charge on any atom is -0.459 e. The van der Waals surface area contributed by atoms with Gasteiger partial charge >= 0.3 is 0 Å². The Kier molecular flexibility index (Phi) is 1.87. The van der Waals surface area contributed by atoms with E-state index in [1.807, 2.05) is 20.0 Å². The van der Waals surface area contributed by atoms with Crippen molar-refractivity contribution in [1.29, 1.82) is 0 Å². The maximum absolute atomic E-state index is 11.7. The second-order valence-electron chi connectivity index (χ2n) is 3.58.